The molecule has 0 saturated heterocycles. The van der Waals surface area contributed by atoms with Gasteiger partial charge in [0, 0.05) is 28.8 Å². The van der Waals surface area contributed by atoms with Crippen molar-refractivity contribution < 1.29 is 0 Å². The Balaban J connectivity index is 2.10. The molecule has 2 aromatic rings. The van der Waals surface area contributed by atoms with E-state index in [1.807, 2.05) is 29.9 Å². The summed E-state index contributed by atoms with van der Waals surface area (Å²) in [7, 11) is 0. The van der Waals surface area contributed by atoms with Crippen molar-refractivity contribution in [2.45, 2.75) is 33.4 Å². The smallest absolute Gasteiger partial charge is 0.0825 e. The van der Waals surface area contributed by atoms with Crippen LogP contribution in [0, 0.1) is 6.92 Å². The Kier molecular flexibility index (Phi) is 4.38. The van der Waals surface area contributed by atoms with Crippen molar-refractivity contribution in [2.75, 3.05) is 5.32 Å². The van der Waals surface area contributed by atoms with E-state index in [0.717, 1.165) is 16.9 Å². The van der Waals surface area contributed by atoms with Gasteiger partial charge < -0.3 is 5.32 Å². The van der Waals surface area contributed by atoms with Crippen molar-refractivity contribution in [1.29, 1.82) is 0 Å². The van der Waals surface area contributed by atoms with E-state index in [4.69, 9.17) is 23.2 Å². The van der Waals surface area contributed by atoms with Crippen LogP contribution in [0.15, 0.2) is 24.4 Å². The minimum absolute atomic E-state index is 0.355. The number of halogens is 2. The lowest BCUT2D eigenvalue weighted by Crippen LogP contribution is -2.01. The lowest BCUT2D eigenvalue weighted by molar-refractivity contribution is 0.529. The van der Waals surface area contributed by atoms with Crippen LogP contribution in [-0.4, -0.2) is 9.78 Å². The van der Waals surface area contributed by atoms with Crippen LogP contribution in [0.5, 0.6) is 0 Å². The second-order valence-electron chi connectivity index (χ2n) is 4.79. The monoisotopic (exact) mass is 297 g/mol. The average Bonchev–Trinajstić information content (AvgIpc) is 2.70. The van der Waals surface area contributed by atoms with E-state index in [-0.39, 0.29) is 0 Å². The molecule has 0 atom stereocenters. The molecule has 0 radical (unpaired) electrons. The third-order valence-corrected chi connectivity index (χ3v) is 3.52. The van der Waals surface area contributed by atoms with Gasteiger partial charge in [0.2, 0.25) is 0 Å². The van der Waals surface area contributed by atoms with Gasteiger partial charge in [-0.25, -0.2) is 0 Å². The molecule has 1 aromatic heterocycles. The first-order chi connectivity index (χ1) is 8.97. The molecule has 0 aliphatic heterocycles. The molecular weight excluding hydrogens is 281 g/mol. The highest BCUT2D eigenvalue weighted by Crippen LogP contribution is 2.23. The van der Waals surface area contributed by atoms with E-state index in [0.29, 0.717) is 22.6 Å². The van der Waals surface area contributed by atoms with E-state index < -0.39 is 0 Å². The normalized spacial score (nSPS) is 11.1. The fourth-order valence-electron chi connectivity index (χ4n) is 1.78. The molecular formula is C14H17Cl2N3. The molecule has 19 heavy (non-hydrogen) atoms. The standard InChI is InChI=1S/C14H17Cl2N3/c1-9(2)19-8-14(10(3)18-19)17-7-11-4-5-12(15)6-13(11)16/h4-6,8-9,17H,7H2,1-3H3. The minimum Gasteiger partial charge on any atom is -0.378 e. The molecule has 3 nitrogen and oxygen atoms in total. The van der Waals surface area contributed by atoms with Gasteiger partial charge >= 0.3 is 0 Å². The molecule has 1 aromatic carbocycles. The quantitative estimate of drug-likeness (QED) is 0.887. The Morgan fingerprint density at radius 1 is 1.32 bits per heavy atom. The van der Waals surface area contributed by atoms with E-state index in [2.05, 4.69) is 24.3 Å². The number of hydrogen-bond acceptors (Lipinski definition) is 2. The minimum atomic E-state index is 0.355. The summed E-state index contributed by atoms with van der Waals surface area (Å²) < 4.78 is 1.95. The van der Waals surface area contributed by atoms with E-state index >= 15 is 0 Å². The highest BCUT2D eigenvalue weighted by Gasteiger charge is 2.07. The number of rotatable bonds is 4. The number of aryl methyl sites for hydroxylation is 1. The summed E-state index contributed by atoms with van der Waals surface area (Å²) in [5.41, 5.74) is 3.03. The van der Waals surface area contributed by atoms with Crippen LogP contribution in [0.25, 0.3) is 0 Å². The molecule has 5 heteroatoms. The van der Waals surface area contributed by atoms with Gasteiger partial charge in [0.15, 0.2) is 0 Å². The van der Waals surface area contributed by atoms with Crippen molar-refractivity contribution >= 4 is 28.9 Å². The Bertz CT molecular complexity index is 576. The van der Waals surface area contributed by atoms with Crippen LogP contribution in [-0.2, 0) is 6.54 Å². The van der Waals surface area contributed by atoms with Crippen LogP contribution in [0.2, 0.25) is 10.0 Å². The van der Waals surface area contributed by atoms with Crippen molar-refractivity contribution in [3.63, 3.8) is 0 Å². The van der Waals surface area contributed by atoms with Gasteiger partial charge in [-0.15, -0.1) is 0 Å². The van der Waals surface area contributed by atoms with Crippen molar-refractivity contribution in [2.24, 2.45) is 0 Å². The van der Waals surface area contributed by atoms with Crippen LogP contribution in [0.4, 0.5) is 5.69 Å². The van der Waals surface area contributed by atoms with Crippen LogP contribution in [0.3, 0.4) is 0 Å². The first kappa shape index (κ1) is 14.2. The summed E-state index contributed by atoms with van der Waals surface area (Å²) >= 11 is 12.0. The molecule has 0 amide bonds. The number of anilines is 1. The molecule has 0 saturated carbocycles. The average molecular weight is 298 g/mol. The van der Waals surface area contributed by atoms with E-state index in [1.54, 1.807) is 6.07 Å². The van der Waals surface area contributed by atoms with Crippen LogP contribution < -0.4 is 5.32 Å². The third kappa shape index (κ3) is 3.43. The number of aromatic nitrogens is 2. The molecule has 1 heterocycles. The fraction of sp³-hybridized carbons (Fsp3) is 0.357. The SMILES string of the molecule is Cc1nn(C(C)C)cc1NCc1ccc(Cl)cc1Cl. The zero-order valence-corrected chi connectivity index (χ0v) is 12.8. The first-order valence-corrected chi connectivity index (χ1v) is 6.96. The summed E-state index contributed by atoms with van der Waals surface area (Å²) in [6.07, 6.45) is 2.02. The molecule has 102 valence electrons. The highest BCUT2D eigenvalue weighted by atomic mass is 35.5. The van der Waals surface area contributed by atoms with Crippen molar-refractivity contribution in [3.05, 3.63) is 45.7 Å². The topological polar surface area (TPSA) is 29.9 Å². The van der Waals surface area contributed by atoms with E-state index in [9.17, 15) is 0 Å². The number of nitrogens with one attached hydrogen (secondary N) is 1. The molecule has 0 bridgehead atoms. The maximum atomic E-state index is 6.15. The maximum absolute atomic E-state index is 6.15. The number of benzene rings is 1. The largest absolute Gasteiger partial charge is 0.378 e. The molecule has 0 aliphatic carbocycles. The Labute approximate surface area is 123 Å². The van der Waals surface area contributed by atoms with E-state index in [1.165, 1.54) is 0 Å². The third-order valence-electron chi connectivity index (χ3n) is 2.93. The Morgan fingerprint density at radius 3 is 2.63 bits per heavy atom. The lowest BCUT2D eigenvalue weighted by atomic mass is 10.2. The summed E-state index contributed by atoms with van der Waals surface area (Å²) in [4.78, 5) is 0. The summed E-state index contributed by atoms with van der Waals surface area (Å²) in [5.74, 6) is 0. The molecule has 0 unspecified atom stereocenters. The van der Waals surface area contributed by atoms with Gasteiger partial charge in [-0.3, -0.25) is 4.68 Å². The first-order valence-electron chi connectivity index (χ1n) is 6.21. The molecule has 1 N–H and O–H groups in total. The Hall–Kier alpha value is -1.19. The van der Waals surface area contributed by atoms with Gasteiger partial charge in [0.1, 0.15) is 0 Å². The molecule has 0 spiro atoms. The molecule has 0 fully saturated rings. The lowest BCUT2D eigenvalue weighted by Gasteiger charge is -2.07. The fourth-order valence-corrected chi connectivity index (χ4v) is 2.25. The number of hydrogen-bond donors (Lipinski definition) is 1. The van der Waals surface area contributed by atoms with Gasteiger partial charge in [0.05, 0.1) is 11.4 Å². The maximum Gasteiger partial charge on any atom is 0.0825 e. The van der Waals surface area contributed by atoms with Gasteiger partial charge in [-0.1, -0.05) is 29.3 Å². The van der Waals surface area contributed by atoms with Crippen molar-refractivity contribution in [3.8, 4) is 0 Å². The summed E-state index contributed by atoms with van der Waals surface area (Å²) in [5, 5.41) is 9.14. The zero-order valence-electron chi connectivity index (χ0n) is 11.2. The highest BCUT2D eigenvalue weighted by molar-refractivity contribution is 6.35. The summed E-state index contributed by atoms with van der Waals surface area (Å²) in [6.45, 7) is 6.85. The van der Waals surface area contributed by atoms with Gasteiger partial charge in [-0.2, -0.15) is 5.10 Å². The molecule has 0 aliphatic rings. The second kappa shape index (κ2) is 5.85. The zero-order chi connectivity index (χ0) is 14.0. The predicted octanol–water partition coefficient (Wildman–Crippen LogP) is 4.69. The van der Waals surface area contributed by atoms with Crippen LogP contribution >= 0.6 is 23.2 Å². The second-order valence-corrected chi connectivity index (χ2v) is 5.63. The van der Waals surface area contributed by atoms with Crippen LogP contribution in [0.1, 0.15) is 31.1 Å². The number of nitrogens with zero attached hydrogens (tertiary/aromatic N) is 2. The van der Waals surface area contributed by atoms with Gasteiger partial charge in [-0.05, 0) is 38.5 Å². The van der Waals surface area contributed by atoms with Crippen molar-refractivity contribution in [1.82, 2.24) is 9.78 Å². The molecule has 2 rings (SSSR count). The van der Waals surface area contributed by atoms with Gasteiger partial charge in [0.25, 0.3) is 0 Å². The Morgan fingerprint density at radius 2 is 2.05 bits per heavy atom. The summed E-state index contributed by atoms with van der Waals surface area (Å²) in [6, 6.07) is 5.88. The predicted molar refractivity (Wildman–Crippen MR) is 81.1 cm³/mol.